The summed E-state index contributed by atoms with van der Waals surface area (Å²) in [5.41, 5.74) is 2.55. The number of fused-ring (bicyclic) bond motifs is 4. The van der Waals surface area contributed by atoms with Crippen molar-refractivity contribution in [1.82, 2.24) is 19.6 Å². The van der Waals surface area contributed by atoms with Gasteiger partial charge in [-0.15, -0.1) is 10.2 Å². The minimum Gasteiger partial charge on any atom is -0.491 e. The Bertz CT molecular complexity index is 1310. The Morgan fingerprint density at radius 2 is 1.97 bits per heavy atom. The number of hydrogen-bond donors (Lipinski definition) is 0. The fraction of sp³-hybridized carbons (Fsp3) is 0.375. The summed E-state index contributed by atoms with van der Waals surface area (Å²) in [5.74, 6) is -0.428. The van der Waals surface area contributed by atoms with Crippen molar-refractivity contribution in [2.24, 2.45) is 5.41 Å². The van der Waals surface area contributed by atoms with Crippen LogP contribution in [0.5, 0.6) is 5.75 Å². The lowest BCUT2D eigenvalue weighted by molar-refractivity contribution is 0.315. The average Bonchev–Trinajstić information content (AvgIpc) is 3.12. The Labute approximate surface area is 184 Å². The van der Waals surface area contributed by atoms with Crippen molar-refractivity contribution in [3.63, 3.8) is 0 Å². The van der Waals surface area contributed by atoms with E-state index in [9.17, 15) is 4.39 Å². The molecule has 0 bridgehead atoms. The highest BCUT2D eigenvalue weighted by Crippen LogP contribution is 2.42. The van der Waals surface area contributed by atoms with E-state index in [0.29, 0.717) is 36.7 Å². The third-order valence-corrected chi connectivity index (χ3v) is 5.83. The molecule has 0 N–H and O–H groups in total. The molecule has 1 aliphatic heterocycles. The smallest absolute Gasteiger partial charge is 0.257 e. The molecule has 3 heterocycles. The first-order valence-electron chi connectivity index (χ1n) is 10.8. The Balaban J connectivity index is 1.72. The fourth-order valence-corrected chi connectivity index (χ4v) is 4.17. The largest absolute Gasteiger partial charge is 0.491 e. The van der Waals surface area contributed by atoms with E-state index < -0.39 is 11.6 Å². The van der Waals surface area contributed by atoms with Crippen LogP contribution >= 0.6 is 0 Å². The topological polar surface area (TPSA) is 55.5 Å². The summed E-state index contributed by atoms with van der Waals surface area (Å²) in [5, 5.41) is 8.06. The number of benzene rings is 2. The molecule has 0 fully saturated rings. The molecule has 1 aliphatic rings. The first kappa shape index (κ1) is 20.6. The van der Waals surface area contributed by atoms with Crippen molar-refractivity contribution in [3.8, 4) is 5.75 Å². The van der Waals surface area contributed by atoms with Crippen molar-refractivity contribution in [3.05, 3.63) is 53.9 Å². The van der Waals surface area contributed by atoms with Gasteiger partial charge in [0.2, 0.25) is 0 Å². The molecule has 2 aromatic heterocycles. The molecule has 5 rings (SSSR count). The molecule has 8 heteroatoms. The number of nitrogens with zero attached hydrogens (tertiary/aromatic N) is 5. The summed E-state index contributed by atoms with van der Waals surface area (Å²) < 4.78 is 37.1. The summed E-state index contributed by atoms with van der Waals surface area (Å²) in [6.45, 7) is 7.73. The van der Waals surface area contributed by atoms with Gasteiger partial charge >= 0.3 is 0 Å². The van der Waals surface area contributed by atoms with Gasteiger partial charge in [0.15, 0.2) is 11.6 Å². The lowest BCUT2D eigenvalue weighted by atomic mass is 9.88. The zero-order chi connectivity index (χ0) is 22.5. The number of anilines is 2. The Hall–Kier alpha value is -3.29. The van der Waals surface area contributed by atoms with Crippen LogP contribution < -0.4 is 9.64 Å². The van der Waals surface area contributed by atoms with Gasteiger partial charge in [-0.2, -0.15) is 4.98 Å². The molecule has 2 aromatic carbocycles. The molecule has 32 heavy (non-hydrogen) atoms. The molecular weight excluding hydrogens is 412 g/mol. The first-order valence-corrected chi connectivity index (χ1v) is 10.8. The van der Waals surface area contributed by atoms with Crippen LogP contribution in [0.1, 0.15) is 39.2 Å². The van der Waals surface area contributed by atoms with Crippen LogP contribution in [-0.4, -0.2) is 32.7 Å². The van der Waals surface area contributed by atoms with Crippen LogP contribution in [0.2, 0.25) is 0 Å². The van der Waals surface area contributed by atoms with Crippen LogP contribution in [0.3, 0.4) is 0 Å². The molecule has 4 aromatic rings. The van der Waals surface area contributed by atoms with Gasteiger partial charge in [0, 0.05) is 6.54 Å². The first-order chi connectivity index (χ1) is 15.3. The maximum absolute atomic E-state index is 15.1. The summed E-state index contributed by atoms with van der Waals surface area (Å²) in [4.78, 5) is 6.52. The number of rotatable bonds is 3. The van der Waals surface area contributed by atoms with E-state index in [4.69, 9.17) is 4.74 Å². The van der Waals surface area contributed by atoms with Gasteiger partial charge in [-0.1, -0.05) is 32.9 Å². The maximum Gasteiger partial charge on any atom is 0.257 e. The van der Waals surface area contributed by atoms with Gasteiger partial charge in [-0.3, -0.25) is 4.40 Å². The number of para-hydroxylation sites is 1. The number of aromatic nitrogens is 4. The second-order valence-corrected chi connectivity index (χ2v) is 9.37. The van der Waals surface area contributed by atoms with Crippen LogP contribution in [0.25, 0.3) is 16.7 Å². The average molecular weight is 437 g/mol. The van der Waals surface area contributed by atoms with Crippen molar-refractivity contribution in [2.45, 2.75) is 40.0 Å². The van der Waals surface area contributed by atoms with Crippen molar-refractivity contribution >= 4 is 28.2 Å². The van der Waals surface area contributed by atoms with Gasteiger partial charge < -0.3 is 9.64 Å². The van der Waals surface area contributed by atoms with Crippen LogP contribution in [0.4, 0.5) is 20.3 Å². The molecule has 6 nitrogen and oxygen atoms in total. The summed E-state index contributed by atoms with van der Waals surface area (Å²) in [6.07, 6.45) is 4.03. The molecule has 0 atom stereocenters. The molecule has 0 unspecified atom stereocenters. The normalized spacial score (nSPS) is 14.5. The number of ether oxygens (including phenoxy) is 1. The molecule has 166 valence electrons. The molecule has 0 amide bonds. The minimum atomic E-state index is -0.934. The zero-order valence-corrected chi connectivity index (χ0v) is 18.4. The van der Waals surface area contributed by atoms with E-state index in [1.807, 2.05) is 17.0 Å². The maximum atomic E-state index is 15.1. The predicted molar refractivity (Wildman–Crippen MR) is 120 cm³/mol. The third-order valence-electron chi connectivity index (χ3n) is 5.83. The van der Waals surface area contributed by atoms with Gasteiger partial charge in [-0.25, -0.2) is 8.78 Å². The molecular formula is C24H25F2N5O. The molecule has 0 saturated heterocycles. The summed E-state index contributed by atoms with van der Waals surface area (Å²) >= 11 is 0. The molecule has 0 spiro atoms. The van der Waals surface area contributed by atoms with Crippen LogP contribution in [0, 0.1) is 17.0 Å². The Kier molecular flexibility index (Phi) is 4.95. The molecule has 0 radical (unpaired) electrons. The molecule has 0 saturated carbocycles. The second-order valence-electron chi connectivity index (χ2n) is 9.37. The SMILES string of the molecule is CC(C)(C)CCc1cccc2c1OCCCN2c1nc2nncn2c2ccc(F)c(F)c12. The minimum absolute atomic E-state index is 0.102. The van der Waals surface area contributed by atoms with E-state index in [2.05, 4.69) is 42.0 Å². The van der Waals surface area contributed by atoms with Crippen molar-refractivity contribution < 1.29 is 13.5 Å². The van der Waals surface area contributed by atoms with Crippen molar-refractivity contribution in [1.29, 1.82) is 0 Å². The molecule has 0 aliphatic carbocycles. The highest BCUT2D eigenvalue weighted by Gasteiger charge is 2.27. The number of aryl methyl sites for hydroxylation is 1. The van der Waals surface area contributed by atoms with Crippen molar-refractivity contribution in [2.75, 3.05) is 18.1 Å². The summed E-state index contributed by atoms with van der Waals surface area (Å²) in [6, 6.07) is 8.64. The second kappa shape index (κ2) is 7.69. The van der Waals surface area contributed by atoms with Gasteiger partial charge in [0.1, 0.15) is 17.9 Å². The number of hydrogen-bond acceptors (Lipinski definition) is 5. The quantitative estimate of drug-likeness (QED) is 0.426. The van der Waals surface area contributed by atoms with E-state index >= 15 is 4.39 Å². The zero-order valence-electron chi connectivity index (χ0n) is 18.4. The highest BCUT2D eigenvalue weighted by molar-refractivity contribution is 5.94. The lowest BCUT2D eigenvalue weighted by Gasteiger charge is -2.26. The van der Waals surface area contributed by atoms with E-state index in [1.54, 1.807) is 4.40 Å². The number of halogens is 2. The van der Waals surface area contributed by atoms with E-state index in [-0.39, 0.29) is 10.8 Å². The van der Waals surface area contributed by atoms with Gasteiger partial charge in [-0.05, 0) is 48.4 Å². The highest BCUT2D eigenvalue weighted by atomic mass is 19.2. The predicted octanol–water partition coefficient (Wildman–Crippen LogP) is 5.46. The summed E-state index contributed by atoms with van der Waals surface area (Å²) in [7, 11) is 0. The van der Waals surface area contributed by atoms with Gasteiger partial charge in [0.25, 0.3) is 5.78 Å². The standard InChI is InChI=1S/C24H25F2N5O/c1-24(2,3)11-10-15-6-4-7-18-21(15)32-13-5-12-30(18)22-19-17(9-8-16(25)20(19)26)31-14-27-29-23(31)28-22/h4,6-9,14H,5,10-13H2,1-3H3. The van der Waals surface area contributed by atoms with Crippen LogP contribution in [0.15, 0.2) is 36.7 Å². The monoisotopic (exact) mass is 437 g/mol. The third kappa shape index (κ3) is 3.53. The fourth-order valence-electron chi connectivity index (χ4n) is 4.17. The van der Waals surface area contributed by atoms with Crippen LogP contribution in [-0.2, 0) is 6.42 Å². The van der Waals surface area contributed by atoms with Gasteiger partial charge in [0.05, 0.1) is 23.2 Å². The van der Waals surface area contributed by atoms with E-state index in [0.717, 1.165) is 35.9 Å². The van der Waals surface area contributed by atoms with E-state index in [1.165, 1.54) is 12.4 Å². The Morgan fingerprint density at radius 1 is 1.12 bits per heavy atom. The Morgan fingerprint density at radius 3 is 2.78 bits per heavy atom. The lowest BCUT2D eigenvalue weighted by Crippen LogP contribution is -2.20.